The Hall–Kier alpha value is -1.94. The van der Waals surface area contributed by atoms with Gasteiger partial charge in [0.05, 0.1) is 0 Å². The van der Waals surface area contributed by atoms with Gasteiger partial charge in [-0.05, 0) is 31.5 Å². The van der Waals surface area contributed by atoms with Crippen LogP contribution in [-0.2, 0) is 6.54 Å². The Morgan fingerprint density at radius 3 is 2.40 bits per heavy atom. The van der Waals surface area contributed by atoms with Gasteiger partial charge >= 0.3 is 0 Å². The van der Waals surface area contributed by atoms with Crippen molar-refractivity contribution >= 4 is 23.0 Å². The van der Waals surface area contributed by atoms with Gasteiger partial charge in [0.1, 0.15) is 10.8 Å². The molecule has 0 amide bonds. The molecule has 2 aromatic rings. The molecule has 104 valence electrons. The lowest BCUT2D eigenvalue weighted by Gasteiger charge is -2.28. The van der Waals surface area contributed by atoms with Crippen molar-refractivity contribution in [2.45, 2.75) is 26.4 Å². The van der Waals surface area contributed by atoms with Crippen LogP contribution in [-0.4, -0.2) is 16.0 Å². The van der Waals surface area contributed by atoms with Gasteiger partial charge in [0.25, 0.3) is 0 Å². The molecule has 0 saturated heterocycles. The Bertz CT molecular complexity index is 564. The molecule has 0 radical (unpaired) electrons. The average Bonchev–Trinajstić information content (AvgIpc) is 2.45. The third-order valence-corrected chi connectivity index (χ3v) is 3.38. The number of thiocarbonyl (C=S) groups is 1. The summed E-state index contributed by atoms with van der Waals surface area (Å²) in [4.78, 5) is 7.10. The van der Waals surface area contributed by atoms with Crippen LogP contribution < -0.4 is 10.6 Å². The second kappa shape index (κ2) is 6.48. The minimum absolute atomic E-state index is 0.360. The molecule has 0 saturated carbocycles. The second-order valence-electron chi connectivity index (χ2n) is 4.98. The van der Waals surface area contributed by atoms with E-state index >= 15 is 0 Å². The van der Waals surface area contributed by atoms with Crippen molar-refractivity contribution < 1.29 is 0 Å². The third kappa shape index (κ3) is 3.54. The molecule has 0 unspecified atom stereocenters. The molecule has 3 nitrogen and oxygen atoms in total. The molecule has 2 rings (SSSR count). The minimum Gasteiger partial charge on any atom is -0.389 e. The van der Waals surface area contributed by atoms with Crippen LogP contribution in [0.4, 0.5) is 5.82 Å². The summed E-state index contributed by atoms with van der Waals surface area (Å²) in [6.45, 7) is 5.15. The zero-order chi connectivity index (χ0) is 14.5. The molecule has 0 aliphatic rings. The van der Waals surface area contributed by atoms with Crippen molar-refractivity contribution in [2.75, 3.05) is 4.90 Å². The maximum atomic E-state index is 5.60. The quantitative estimate of drug-likeness (QED) is 0.857. The normalized spacial score (nSPS) is 10.6. The number of rotatable bonds is 5. The summed E-state index contributed by atoms with van der Waals surface area (Å²) in [6, 6.07) is 14.6. The number of aromatic nitrogens is 1. The fraction of sp³-hybridized carbons (Fsp3) is 0.250. The number of nitrogens with two attached hydrogens (primary N) is 1. The summed E-state index contributed by atoms with van der Waals surface area (Å²) in [5.41, 5.74) is 7.66. The molecular formula is C16H19N3S. The molecule has 0 aliphatic heterocycles. The van der Waals surface area contributed by atoms with E-state index < -0.39 is 0 Å². The van der Waals surface area contributed by atoms with Crippen LogP contribution in [0.15, 0.2) is 48.7 Å². The topological polar surface area (TPSA) is 42.1 Å². The lowest BCUT2D eigenvalue weighted by molar-refractivity contribution is 0.672. The van der Waals surface area contributed by atoms with E-state index in [2.05, 4.69) is 48.0 Å². The molecule has 0 atom stereocenters. The van der Waals surface area contributed by atoms with Crippen molar-refractivity contribution in [3.05, 3.63) is 59.8 Å². The molecule has 0 spiro atoms. The maximum absolute atomic E-state index is 5.60. The number of anilines is 1. The number of benzene rings is 1. The van der Waals surface area contributed by atoms with Gasteiger partial charge in [-0.15, -0.1) is 0 Å². The van der Waals surface area contributed by atoms with Crippen LogP contribution >= 0.6 is 12.2 Å². The summed E-state index contributed by atoms with van der Waals surface area (Å²) in [5.74, 6) is 0.934. The largest absolute Gasteiger partial charge is 0.389 e. The summed E-state index contributed by atoms with van der Waals surface area (Å²) < 4.78 is 0. The fourth-order valence-corrected chi connectivity index (χ4v) is 2.13. The van der Waals surface area contributed by atoms with E-state index in [1.807, 2.05) is 18.2 Å². The highest BCUT2D eigenvalue weighted by atomic mass is 32.1. The molecular weight excluding hydrogens is 266 g/mol. The number of hydrogen-bond acceptors (Lipinski definition) is 3. The summed E-state index contributed by atoms with van der Waals surface area (Å²) in [6.07, 6.45) is 1.73. The zero-order valence-corrected chi connectivity index (χ0v) is 12.6. The summed E-state index contributed by atoms with van der Waals surface area (Å²) in [5, 5.41) is 0. The lowest BCUT2D eigenvalue weighted by atomic mass is 10.2. The molecule has 1 heterocycles. The van der Waals surface area contributed by atoms with Crippen molar-refractivity contribution in [3.63, 3.8) is 0 Å². The molecule has 1 aromatic carbocycles. The molecule has 0 aliphatic carbocycles. The van der Waals surface area contributed by atoms with E-state index in [1.54, 1.807) is 6.20 Å². The second-order valence-corrected chi connectivity index (χ2v) is 5.42. The van der Waals surface area contributed by atoms with E-state index in [-0.39, 0.29) is 0 Å². The van der Waals surface area contributed by atoms with Gasteiger partial charge < -0.3 is 10.6 Å². The van der Waals surface area contributed by atoms with E-state index in [0.717, 1.165) is 17.9 Å². The predicted octanol–water partition coefficient (Wildman–Crippen LogP) is 3.13. The van der Waals surface area contributed by atoms with Crippen molar-refractivity contribution in [3.8, 4) is 0 Å². The van der Waals surface area contributed by atoms with Crippen LogP contribution in [0.5, 0.6) is 0 Å². The summed E-state index contributed by atoms with van der Waals surface area (Å²) in [7, 11) is 0. The first-order chi connectivity index (χ1) is 9.58. The van der Waals surface area contributed by atoms with Crippen LogP contribution in [0.1, 0.15) is 25.0 Å². The Balaban J connectivity index is 2.22. The van der Waals surface area contributed by atoms with Gasteiger partial charge in [-0.25, -0.2) is 4.98 Å². The smallest absolute Gasteiger partial charge is 0.129 e. The zero-order valence-electron chi connectivity index (χ0n) is 11.8. The molecule has 20 heavy (non-hydrogen) atoms. The van der Waals surface area contributed by atoms with Crippen LogP contribution in [0.2, 0.25) is 0 Å². The number of hydrogen-bond donors (Lipinski definition) is 1. The molecule has 0 bridgehead atoms. The van der Waals surface area contributed by atoms with Gasteiger partial charge in [0.15, 0.2) is 0 Å². The first-order valence-corrected chi connectivity index (χ1v) is 7.05. The number of pyridine rings is 1. The highest BCUT2D eigenvalue weighted by molar-refractivity contribution is 7.80. The fourth-order valence-electron chi connectivity index (χ4n) is 2.01. The molecule has 2 N–H and O–H groups in total. The highest BCUT2D eigenvalue weighted by Gasteiger charge is 2.12. The van der Waals surface area contributed by atoms with E-state index in [0.29, 0.717) is 11.0 Å². The van der Waals surface area contributed by atoms with Gasteiger partial charge in [-0.2, -0.15) is 0 Å². The van der Waals surface area contributed by atoms with Gasteiger partial charge in [-0.3, -0.25) is 0 Å². The standard InChI is InChI=1S/C16H19N3S/c1-12(2)19(11-13-6-4-3-5-7-13)15-9-8-14(10-18-15)16(17)20/h3-10,12H,11H2,1-2H3,(H2,17,20). The van der Waals surface area contributed by atoms with Crippen molar-refractivity contribution in [1.29, 1.82) is 0 Å². The average molecular weight is 285 g/mol. The van der Waals surface area contributed by atoms with Gasteiger partial charge in [0.2, 0.25) is 0 Å². The SMILES string of the molecule is CC(C)N(Cc1ccccc1)c1ccc(C(N)=S)cn1. The van der Waals surface area contributed by atoms with Crippen LogP contribution in [0, 0.1) is 0 Å². The van der Waals surface area contributed by atoms with Gasteiger partial charge in [0, 0.05) is 24.3 Å². The first-order valence-electron chi connectivity index (χ1n) is 6.64. The van der Waals surface area contributed by atoms with E-state index in [4.69, 9.17) is 18.0 Å². The molecule has 4 heteroatoms. The minimum atomic E-state index is 0.360. The van der Waals surface area contributed by atoms with E-state index in [1.165, 1.54) is 5.56 Å². The summed E-state index contributed by atoms with van der Waals surface area (Å²) >= 11 is 4.95. The maximum Gasteiger partial charge on any atom is 0.129 e. The van der Waals surface area contributed by atoms with Gasteiger partial charge in [-0.1, -0.05) is 42.5 Å². The van der Waals surface area contributed by atoms with Crippen molar-refractivity contribution in [2.24, 2.45) is 5.73 Å². The van der Waals surface area contributed by atoms with Crippen LogP contribution in [0.25, 0.3) is 0 Å². The third-order valence-electron chi connectivity index (χ3n) is 3.15. The monoisotopic (exact) mass is 285 g/mol. The first kappa shape index (κ1) is 14.5. The predicted molar refractivity (Wildman–Crippen MR) is 87.9 cm³/mol. The Morgan fingerprint density at radius 2 is 1.90 bits per heavy atom. The molecule has 1 aromatic heterocycles. The Labute approximate surface area is 125 Å². The van der Waals surface area contributed by atoms with Crippen LogP contribution in [0.3, 0.4) is 0 Å². The van der Waals surface area contributed by atoms with E-state index in [9.17, 15) is 0 Å². The highest BCUT2D eigenvalue weighted by Crippen LogP contribution is 2.18. The molecule has 0 fully saturated rings. The Morgan fingerprint density at radius 1 is 1.20 bits per heavy atom. The lowest BCUT2D eigenvalue weighted by Crippen LogP contribution is -2.31. The number of nitrogens with zero attached hydrogens (tertiary/aromatic N) is 2. The Kier molecular flexibility index (Phi) is 4.69. The van der Waals surface area contributed by atoms with Crippen molar-refractivity contribution in [1.82, 2.24) is 4.98 Å².